The van der Waals surface area contributed by atoms with Gasteiger partial charge in [0.05, 0.1) is 6.04 Å². The van der Waals surface area contributed by atoms with Crippen LogP contribution in [-0.4, -0.2) is 25.2 Å². The Hall–Kier alpha value is -1.59. The van der Waals surface area contributed by atoms with Gasteiger partial charge in [0.1, 0.15) is 0 Å². The maximum atomic E-state index is 5.46. The Labute approximate surface area is 101 Å². The topological polar surface area (TPSA) is 71.7 Å². The Morgan fingerprint density at radius 1 is 1.24 bits per heavy atom. The molecular weight excluding hydrogens is 216 g/mol. The van der Waals surface area contributed by atoms with Gasteiger partial charge >= 0.3 is 0 Å². The van der Waals surface area contributed by atoms with Gasteiger partial charge in [0, 0.05) is 18.9 Å². The number of hydrogen-bond acceptors (Lipinski definition) is 3. The number of nitrogens with two attached hydrogens (primary N) is 1. The van der Waals surface area contributed by atoms with Crippen LogP contribution in [0, 0.1) is 0 Å². The largest absolute Gasteiger partial charge is 0.381 e. The molecule has 1 aliphatic rings. The predicted octanol–water partition coefficient (Wildman–Crippen LogP) is 1.10. The molecule has 1 aliphatic heterocycles. The number of ether oxygens (including phenoxy) is 1. The molecule has 92 valence electrons. The van der Waals surface area contributed by atoms with E-state index in [1.54, 1.807) is 0 Å². The minimum Gasteiger partial charge on any atom is -0.381 e. The van der Waals surface area contributed by atoms with E-state index in [0.29, 0.717) is 5.96 Å². The molecule has 1 fully saturated rings. The molecule has 5 nitrogen and oxygen atoms in total. The summed E-state index contributed by atoms with van der Waals surface area (Å²) in [5.74, 6) is 6.06. The van der Waals surface area contributed by atoms with E-state index in [2.05, 4.69) is 15.7 Å². The normalized spacial score (nSPS) is 17.8. The highest BCUT2D eigenvalue weighted by atomic mass is 16.5. The molecule has 0 bridgehead atoms. The van der Waals surface area contributed by atoms with E-state index in [4.69, 9.17) is 10.6 Å². The molecule has 0 unspecified atom stereocenters. The van der Waals surface area contributed by atoms with Crippen molar-refractivity contribution in [1.29, 1.82) is 0 Å². The van der Waals surface area contributed by atoms with Crippen molar-refractivity contribution in [3.05, 3.63) is 30.3 Å². The van der Waals surface area contributed by atoms with Crippen LogP contribution in [0.4, 0.5) is 5.69 Å². The minimum atomic E-state index is 0.283. The molecule has 0 radical (unpaired) electrons. The zero-order chi connectivity index (χ0) is 11.9. The summed E-state index contributed by atoms with van der Waals surface area (Å²) in [5, 5.41) is 3.15. The van der Waals surface area contributed by atoms with Gasteiger partial charge in [-0.2, -0.15) is 0 Å². The second-order valence-electron chi connectivity index (χ2n) is 3.96. The second-order valence-corrected chi connectivity index (χ2v) is 3.96. The number of aliphatic imine (C=N–C) groups is 1. The van der Waals surface area contributed by atoms with Gasteiger partial charge in [0.15, 0.2) is 0 Å². The van der Waals surface area contributed by atoms with Gasteiger partial charge < -0.3 is 10.1 Å². The van der Waals surface area contributed by atoms with Gasteiger partial charge in [-0.25, -0.2) is 10.8 Å². The van der Waals surface area contributed by atoms with Crippen molar-refractivity contribution in [2.75, 3.05) is 18.5 Å². The first kappa shape index (κ1) is 11.9. The maximum absolute atomic E-state index is 5.46. The Balaban J connectivity index is 1.98. The summed E-state index contributed by atoms with van der Waals surface area (Å²) in [6.45, 7) is 1.55. The summed E-state index contributed by atoms with van der Waals surface area (Å²) >= 11 is 0. The molecule has 1 aromatic rings. The average molecular weight is 234 g/mol. The summed E-state index contributed by atoms with van der Waals surface area (Å²) in [4.78, 5) is 4.54. The van der Waals surface area contributed by atoms with Crippen molar-refractivity contribution in [1.82, 2.24) is 5.43 Å². The molecule has 2 rings (SSSR count). The third-order valence-electron chi connectivity index (χ3n) is 2.68. The van der Waals surface area contributed by atoms with E-state index >= 15 is 0 Å². The standard InChI is InChI=1S/C12H18N4O/c13-16-12(14-10-4-2-1-3-5-10)15-11-6-8-17-9-7-11/h1-5,11H,6-9,13H2,(H2,14,15,16). The average Bonchev–Trinajstić information content (AvgIpc) is 2.40. The Morgan fingerprint density at radius 2 is 1.94 bits per heavy atom. The fourth-order valence-electron chi connectivity index (χ4n) is 1.76. The van der Waals surface area contributed by atoms with Crippen molar-refractivity contribution in [2.24, 2.45) is 10.8 Å². The highest BCUT2D eigenvalue weighted by Gasteiger charge is 2.13. The summed E-state index contributed by atoms with van der Waals surface area (Å²) in [6.07, 6.45) is 1.89. The first-order valence-electron chi connectivity index (χ1n) is 5.83. The van der Waals surface area contributed by atoms with Crippen LogP contribution in [0.25, 0.3) is 0 Å². The van der Waals surface area contributed by atoms with E-state index in [0.717, 1.165) is 31.7 Å². The number of guanidine groups is 1. The molecule has 0 amide bonds. The van der Waals surface area contributed by atoms with E-state index in [-0.39, 0.29) is 6.04 Å². The fraction of sp³-hybridized carbons (Fsp3) is 0.417. The van der Waals surface area contributed by atoms with Gasteiger partial charge in [0.25, 0.3) is 0 Å². The van der Waals surface area contributed by atoms with Crippen molar-refractivity contribution in [3.63, 3.8) is 0 Å². The zero-order valence-corrected chi connectivity index (χ0v) is 9.73. The predicted molar refractivity (Wildman–Crippen MR) is 68.7 cm³/mol. The molecule has 0 aromatic heterocycles. The molecule has 0 saturated carbocycles. The lowest BCUT2D eigenvalue weighted by Crippen LogP contribution is -2.38. The number of anilines is 1. The van der Waals surface area contributed by atoms with Gasteiger partial charge in [-0.05, 0) is 25.0 Å². The van der Waals surface area contributed by atoms with Crippen molar-refractivity contribution < 1.29 is 4.74 Å². The first-order valence-corrected chi connectivity index (χ1v) is 5.83. The Bertz CT molecular complexity index is 360. The van der Waals surface area contributed by atoms with Crippen LogP contribution in [0.1, 0.15) is 12.8 Å². The Morgan fingerprint density at radius 3 is 2.59 bits per heavy atom. The number of nitrogens with zero attached hydrogens (tertiary/aromatic N) is 1. The third kappa shape index (κ3) is 3.72. The quantitative estimate of drug-likeness (QED) is 0.310. The highest BCUT2D eigenvalue weighted by Crippen LogP contribution is 2.11. The van der Waals surface area contributed by atoms with Crippen LogP contribution in [0.3, 0.4) is 0 Å². The second kappa shape index (κ2) is 6.22. The van der Waals surface area contributed by atoms with Crippen LogP contribution in [0.15, 0.2) is 35.3 Å². The molecule has 17 heavy (non-hydrogen) atoms. The maximum Gasteiger partial charge on any atom is 0.210 e. The minimum absolute atomic E-state index is 0.283. The molecule has 1 saturated heterocycles. The number of rotatable bonds is 2. The zero-order valence-electron chi connectivity index (χ0n) is 9.73. The van der Waals surface area contributed by atoms with E-state index < -0.39 is 0 Å². The lowest BCUT2D eigenvalue weighted by molar-refractivity contribution is 0.0870. The van der Waals surface area contributed by atoms with Gasteiger partial charge in [-0.1, -0.05) is 18.2 Å². The van der Waals surface area contributed by atoms with Gasteiger partial charge in [-0.3, -0.25) is 5.43 Å². The molecule has 4 N–H and O–H groups in total. The van der Waals surface area contributed by atoms with Crippen molar-refractivity contribution >= 4 is 11.6 Å². The van der Waals surface area contributed by atoms with Crippen LogP contribution >= 0.6 is 0 Å². The van der Waals surface area contributed by atoms with E-state index in [1.807, 2.05) is 30.3 Å². The lowest BCUT2D eigenvalue weighted by Gasteiger charge is -2.20. The third-order valence-corrected chi connectivity index (χ3v) is 2.68. The molecule has 0 atom stereocenters. The molecule has 5 heteroatoms. The number of hydrogen-bond donors (Lipinski definition) is 3. The highest BCUT2D eigenvalue weighted by molar-refractivity contribution is 5.93. The number of nitrogens with one attached hydrogen (secondary N) is 2. The SMILES string of the molecule is NNC(=NC1CCOCC1)Nc1ccccc1. The molecule has 0 spiro atoms. The van der Waals surface area contributed by atoms with Crippen LogP contribution in [-0.2, 0) is 4.74 Å². The lowest BCUT2D eigenvalue weighted by atomic mass is 10.1. The summed E-state index contributed by atoms with van der Waals surface area (Å²) < 4.78 is 5.29. The van der Waals surface area contributed by atoms with Gasteiger partial charge in [-0.15, -0.1) is 0 Å². The van der Waals surface area contributed by atoms with E-state index in [1.165, 1.54) is 0 Å². The molecule has 1 heterocycles. The number of benzene rings is 1. The van der Waals surface area contributed by atoms with Crippen LogP contribution < -0.4 is 16.6 Å². The first-order chi connectivity index (χ1) is 8.38. The molecular formula is C12H18N4O. The fourth-order valence-corrected chi connectivity index (χ4v) is 1.76. The van der Waals surface area contributed by atoms with Crippen LogP contribution in [0.5, 0.6) is 0 Å². The summed E-state index contributed by atoms with van der Waals surface area (Å²) in [7, 11) is 0. The summed E-state index contributed by atoms with van der Waals surface area (Å²) in [5.41, 5.74) is 3.56. The van der Waals surface area contributed by atoms with Crippen molar-refractivity contribution in [2.45, 2.75) is 18.9 Å². The monoisotopic (exact) mass is 234 g/mol. The number of hydrazine groups is 1. The molecule has 0 aliphatic carbocycles. The van der Waals surface area contributed by atoms with Crippen molar-refractivity contribution in [3.8, 4) is 0 Å². The van der Waals surface area contributed by atoms with Crippen LogP contribution in [0.2, 0.25) is 0 Å². The summed E-state index contributed by atoms with van der Waals surface area (Å²) in [6, 6.07) is 10.1. The number of para-hydroxylation sites is 1. The molecule has 1 aromatic carbocycles. The van der Waals surface area contributed by atoms with Gasteiger partial charge in [0.2, 0.25) is 5.96 Å². The Kier molecular flexibility index (Phi) is 4.35. The van der Waals surface area contributed by atoms with E-state index in [9.17, 15) is 0 Å². The smallest absolute Gasteiger partial charge is 0.210 e.